The normalized spacial score (nSPS) is 19.3. The van der Waals surface area contributed by atoms with Crippen LogP contribution in [-0.2, 0) is 5.41 Å². The van der Waals surface area contributed by atoms with E-state index in [4.69, 9.17) is 4.74 Å². The van der Waals surface area contributed by atoms with Gasteiger partial charge in [0.05, 0.1) is 0 Å². The van der Waals surface area contributed by atoms with E-state index in [0.717, 1.165) is 43.6 Å². The van der Waals surface area contributed by atoms with Gasteiger partial charge in [0.15, 0.2) is 0 Å². The maximum atomic E-state index is 6.58. The molecule has 0 aromatic heterocycles. The summed E-state index contributed by atoms with van der Waals surface area (Å²) >= 11 is 0. The van der Waals surface area contributed by atoms with Crippen molar-refractivity contribution < 1.29 is 4.74 Å². The smallest absolute Gasteiger partial charge is 0.128 e. The van der Waals surface area contributed by atoms with Crippen molar-refractivity contribution in [2.24, 2.45) is 0 Å². The van der Waals surface area contributed by atoms with Gasteiger partial charge in [-0.05, 0) is 163 Å². The van der Waals surface area contributed by atoms with E-state index in [1.807, 2.05) is 30.3 Å². The summed E-state index contributed by atoms with van der Waals surface area (Å²) in [6, 6.07) is 33.7. The Morgan fingerprint density at radius 2 is 1.56 bits per heavy atom. The zero-order valence-corrected chi connectivity index (χ0v) is 28.8. The van der Waals surface area contributed by atoms with Crippen LogP contribution < -0.4 is 15.2 Å². The first-order chi connectivity index (χ1) is 24.5. The third kappa shape index (κ3) is 4.75. The monoisotopic (exact) mass is 644 g/mol. The van der Waals surface area contributed by atoms with Crippen LogP contribution in [0.5, 0.6) is 11.5 Å². The molecule has 5 aliphatic carbocycles. The van der Waals surface area contributed by atoms with Crippen LogP contribution in [0.4, 0.5) is 0 Å². The molecule has 1 nitrogen and oxygen atoms in total. The molecular formula is C49H40O. The fraction of sp³-hybridized carbons (Fsp3) is 0.184. The van der Waals surface area contributed by atoms with Gasteiger partial charge in [-0.1, -0.05) is 105 Å². The van der Waals surface area contributed by atoms with Crippen LogP contribution in [0, 0.1) is 0 Å². The first-order valence-electron chi connectivity index (χ1n) is 18.3. The summed E-state index contributed by atoms with van der Waals surface area (Å²) in [5.74, 6) is 2.21. The summed E-state index contributed by atoms with van der Waals surface area (Å²) in [7, 11) is 0. The molecule has 0 N–H and O–H groups in total. The van der Waals surface area contributed by atoms with Gasteiger partial charge in [0.25, 0.3) is 0 Å². The Labute approximate surface area is 294 Å². The molecule has 0 aliphatic heterocycles. The second-order valence-corrected chi connectivity index (χ2v) is 15.1. The largest absolute Gasteiger partial charge is 0.457 e. The Balaban J connectivity index is 1.08. The molecule has 5 aromatic carbocycles. The molecule has 10 rings (SSSR count). The molecule has 50 heavy (non-hydrogen) atoms. The highest BCUT2D eigenvalue weighted by Crippen LogP contribution is 2.53. The van der Waals surface area contributed by atoms with E-state index in [9.17, 15) is 0 Å². The first-order valence-corrected chi connectivity index (χ1v) is 18.3. The Morgan fingerprint density at radius 1 is 0.680 bits per heavy atom. The van der Waals surface area contributed by atoms with Crippen molar-refractivity contribution in [3.05, 3.63) is 171 Å². The van der Waals surface area contributed by atoms with Gasteiger partial charge in [-0.15, -0.1) is 0 Å². The number of hydrogen-bond donors (Lipinski definition) is 0. The van der Waals surface area contributed by atoms with Crippen LogP contribution in [0.1, 0.15) is 79.7 Å². The molecule has 0 bridgehead atoms. The molecule has 1 heteroatoms. The van der Waals surface area contributed by atoms with Gasteiger partial charge in [0.1, 0.15) is 11.5 Å². The van der Waals surface area contributed by atoms with Crippen molar-refractivity contribution in [1.82, 2.24) is 0 Å². The summed E-state index contributed by atoms with van der Waals surface area (Å²) in [6.45, 7) is 4.84. The standard InChI is InChI=1S/C49H40O/c1-49(2)45-29-34(31-10-5-3-6-11-31)20-22-43(45)44-23-21-35(30-46(44)49)39-26-40(28-42(27-39)50-41-14-7-4-8-15-41)38-24-36-18-16-32-12-9-13-33-17-19-37(25-38)48(36)47(32)33/h3-5,7-10,12-16,18-20,22,24-30,33H,6,11,17,21,23H2,1-2H3. The van der Waals surface area contributed by atoms with Gasteiger partial charge in [-0.2, -0.15) is 0 Å². The fourth-order valence-corrected chi connectivity index (χ4v) is 9.20. The summed E-state index contributed by atoms with van der Waals surface area (Å²) in [5.41, 5.74) is 15.2. The Hall–Kier alpha value is -5.40. The molecule has 0 amide bonds. The highest BCUT2D eigenvalue weighted by molar-refractivity contribution is 5.94. The van der Waals surface area contributed by atoms with Gasteiger partial charge < -0.3 is 4.74 Å². The molecule has 0 radical (unpaired) electrons. The lowest BCUT2D eigenvalue weighted by Crippen LogP contribution is -2.22. The molecule has 0 heterocycles. The number of benzene rings is 5. The number of ether oxygens (including phenoxy) is 1. The molecule has 5 aromatic rings. The van der Waals surface area contributed by atoms with Gasteiger partial charge in [-0.3, -0.25) is 0 Å². The number of allylic oxidation sites excluding steroid dienone is 10. The third-order valence-electron chi connectivity index (χ3n) is 11.8. The Morgan fingerprint density at radius 3 is 2.44 bits per heavy atom. The van der Waals surface area contributed by atoms with E-state index in [1.54, 1.807) is 0 Å². The minimum Gasteiger partial charge on any atom is -0.457 e. The van der Waals surface area contributed by atoms with E-state index in [1.165, 1.54) is 82.4 Å². The fourth-order valence-electron chi connectivity index (χ4n) is 9.20. The summed E-state index contributed by atoms with van der Waals surface area (Å²) < 4.78 is 6.58. The predicted octanol–water partition coefficient (Wildman–Crippen LogP) is 11.6. The zero-order valence-electron chi connectivity index (χ0n) is 28.8. The van der Waals surface area contributed by atoms with Crippen LogP contribution in [-0.4, -0.2) is 0 Å². The molecule has 1 unspecified atom stereocenters. The van der Waals surface area contributed by atoms with E-state index >= 15 is 0 Å². The average molecular weight is 645 g/mol. The summed E-state index contributed by atoms with van der Waals surface area (Å²) in [6.07, 6.45) is 23.9. The maximum Gasteiger partial charge on any atom is 0.128 e. The highest BCUT2D eigenvalue weighted by Gasteiger charge is 2.38. The second-order valence-electron chi connectivity index (χ2n) is 15.1. The van der Waals surface area contributed by atoms with E-state index in [0.29, 0.717) is 5.92 Å². The Bertz CT molecular complexity index is 2550. The van der Waals surface area contributed by atoms with Crippen LogP contribution >= 0.6 is 0 Å². The van der Waals surface area contributed by atoms with Gasteiger partial charge in [-0.25, -0.2) is 0 Å². The molecule has 0 saturated carbocycles. The molecule has 1 atom stereocenters. The first kappa shape index (κ1) is 29.5. The highest BCUT2D eigenvalue weighted by atomic mass is 16.5. The van der Waals surface area contributed by atoms with Crippen LogP contribution in [0.2, 0.25) is 0 Å². The molecule has 0 fully saturated rings. The van der Waals surface area contributed by atoms with E-state index in [2.05, 4.69) is 123 Å². The van der Waals surface area contributed by atoms with Gasteiger partial charge in [0, 0.05) is 11.3 Å². The number of hydrogen-bond acceptors (Lipinski definition) is 1. The lowest BCUT2D eigenvalue weighted by atomic mass is 9.77. The summed E-state index contributed by atoms with van der Waals surface area (Å²) in [4.78, 5) is 0. The Kier molecular flexibility index (Phi) is 6.68. The quantitative estimate of drug-likeness (QED) is 0.185. The van der Waals surface area contributed by atoms with Gasteiger partial charge in [0.2, 0.25) is 0 Å². The third-order valence-corrected chi connectivity index (χ3v) is 11.8. The lowest BCUT2D eigenvalue weighted by molar-refractivity contribution is 0.483. The maximum absolute atomic E-state index is 6.58. The molecule has 5 aliphatic rings. The number of para-hydroxylation sites is 1. The van der Waals surface area contributed by atoms with Crippen molar-refractivity contribution >= 4 is 39.6 Å². The van der Waals surface area contributed by atoms with Crippen LogP contribution in [0.25, 0.3) is 50.8 Å². The SMILES string of the molecule is CC1(C)C2=C(CCC(c3cc(Oc4ccccc4)cc(-c4cc5c6c7c(ccc6c4)=CC=CC7CC=5)c3)=C2)c2ccc(C3=CC=CCC3)cc21. The van der Waals surface area contributed by atoms with Crippen molar-refractivity contribution in [3.8, 4) is 22.6 Å². The predicted molar refractivity (Wildman–Crippen MR) is 211 cm³/mol. The molecule has 0 spiro atoms. The molecule has 242 valence electrons. The minimum atomic E-state index is -0.0567. The minimum absolute atomic E-state index is 0.0567. The van der Waals surface area contributed by atoms with Crippen molar-refractivity contribution in [1.29, 1.82) is 0 Å². The van der Waals surface area contributed by atoms with E-state index < -0.39 is 0 Å². The lowest BCUT2D eigenvalue weighted by Gasteiger charge is -2.26. The molecular weight excluding hydrogens is 605 g/mol. The number of fused-ring (bicyclic) bond motifs is 2. The van der Waals surface area contributed by atoms with Crippen molar-refractivity contribution in [2.45, 2.75) is 57.3 Å². The van der Waals surface area contributed by atoms with Crippen molar-refractivity contribution in [2.75, 3.05) is 0 Å². The average Bonchev–Trinajstić information content (AvgIpc) is 3.39. The van der Waals surface area contributed by atoms with E-state index in [-0.39, 0.29) is 5.41 Å². The van der Waals surface area contributed by atoms with Crippen molar-refractivity contribution in [3.63, 3.8) is 0 Å². The zero-order chi connectivity index (χ0) is 33.4. The number of rotatable bonds is 5. The van der Waals surface area contributed by atoms with Crippen LogP contribution in [0.15, 0.2) is 133 Å². The van der Waals surface area contributed by atoms with Gasteiger partial charge >= 0.3 is 0 Å². The topological polar surface area (TPSA) is 9.23 Å². The molecule has 0 saturated heterocycles. The second kappa shape index (κ2) is 11.3. The van der Waals surface area contributed by atoms with Crippen LogP contribution in [0.3, 0.4) is 0 Å². The summed E-state index contributed by atoms with van der Waals surface area (Å²) in [5, 5.41) is 5.44.